The van der Waals surface area contributed by atoms with Crippen LogP contribution in [-0.4, -0.2) is 17.5 Å². The number of hydrogen-bond donors (Lipinski definition) is 1. The maximum Gasteiger partial charge on any atom is 0.251 e. The minimum absolute atomic E-state index is 0.0470. The zero-order valence-electron chi connectivity index (χ0n) is 10.6. The molecule has 0 aliphatic carbocycles. The molecule has 3 rings (SSSR count). The number of rotatable bonds is 3. The molecule has 1 N–H and O–H groups in total. The van der Waals surface area contributed by atoms with Crippen molar-refractivity contribution < 1.29 is 9.53 Å². The number of hydrogen-bond acceptors (Lipinski definition) is 4. The van der Waals surface area contributed by atoms with E-state index >= 15 is 0 Å². The molecule has 0 radical (unpaired) electrons. The summed E-state index contributed by atoms with van der Waals surface area (Å²) in [5, 5.41) is 3.83. The molecule has 0 saturated carbocycles. The lowest BCUT2D eigenvalue weighted by atomic mass is 10.2. The second kappa shape index (κ2) is 5.01. The van der Waals surface area contributed by atoms with Crippen LogP contribution >= 0.6 is 11.3 Å². The predicted octanol–water partition coefficient (Wildman–Crippen LogP) is 2.61. The molecule has 1 aromatic heterocycles. The van der Waals surface area contributed by atoms with Crippen molar-refractivity contribution in [1.82, 2.24) is 10.3 Å². The van der Waals surface area contributed by atoms with Gasteiger partial charge in [-0.3, -0.25) is 4.79 Å². The lowest BCUT2D eigenvalue weighted by Crippen LogP contribution is -2.24. The number of aromatic nitrogens is 1. The zero-order valence-corrected chi connectivity index (χ0v) is 11.4. The number of amides is 1. The highest BCUT2D eigenvalue weighted by Gasteiger charge is 2.19. The summed E-state index contributed by atoms with van der Waals surface area (Å²) in [7, 11) is 0. The van der Waals surface area contributed by atoms with E-state index in [2.05, 4.69) is 10.3 Å². The molecule has 0 saturated heterocycles. The van der Waals surface area contributed by atoms with Gasteiger partial charge in [0.15, 0.2) is 0 Å². The van der Waals surface area contributed by atoms with E-state index in [-0.39, 0.29) is 5.91 Å². The van der Waals surface area contributed by atoms with Crippen molar-refractivity contribution in [2.75, 3.05) is 6.61 Å². The number of nitrogens with zero attached hydrogens (tertiary/aromatic N) is 1. The molecule has 0 fully saturated rings. The van der Waals surface area contributed by atoms with E-state index in [0.717, 1.165) is 26.6 Å². The minimum atomic E-state index is -0.0470. The van der Waals surface area contributed by atoms with Gasteiger partial charge in [0.05, 0.1) is 28.9 Å². The van der Waals surface area contributed by atoms with Crippen LogP contribution in [0.15, 0.2) is 35.6 Å². The van der Waals surface area contributed by atoms with Crippen molar-refractivity contribution in [1.29, 1.82) is 0 Å². The third kappa shape index (κ3) is 2.46. The van der Waals surface area contributed by atoms with Crippen LogP contribution < -0.4 is 5.32 Å². The largest absolute Gasteiger partial charge is 0.497 e. The molecule has 1 aliphatic rings. The third-order valence-corrected chi connectivity index (χ3v) is 4.14. The Bertz CT molecular complexity index is 627. The number of allylic oxidation sites excluding steroid dienone is 1. The van der Waals surface area contributed by atoms with E-state index in [4.69, 9.17) is 4.74 Å². The molecule has 1 aliphatic heterocycles. The maximum atomic E-state index is 12.0. The average molecular weight is 274 g/mol. The van der Waals surface area contributed by atoms with Gasteiger partial charge in [0, 0.05) is 6.42 Å². The number of thiazole rings is 1. The summed E-state index contributed by atoms with van der Waals surface area (Å²) < 4.78 is 6.44. The van der Waals surface area contributed by atoms with Gasteiger partial charge in [-0.2, -0.15) is 0 Å². The molecule has 5 heteroatoms. The molecule has 98 valence electrons. The second-order valence-electron chi connectivity index (χ2n) is 4.39. The first-order valence-electron chi connectivity index (χ1n) is 6.19. The third-order valence-electron chi connectivity index (χ3n) is 3.11. The first-order chi connectivity index (χ1) is 9.24. The molecule has 2 heterocycles. The van der Waals surface area contributed by atoms with Crippen LogP contribution in [0.1, 0.15) is 18.4 Å². The molecule has 2 aromatic rings. The number of ether oxygens (including phenoxy) is 1. The van der Waals surface area contributed by atoms with Crippen LogP contribution in [0, 0.1) is 0 Å². The van der Waals surface area contributed by atoms with Gasteiger partial charge in [-0.1, -0.05) is 12.1 Å². The summed E-state index contributed by atoms with van der Waals surface area (Å²) in [6.45, 7) is 2.91. The van der Waals surface area contributed by atoms with Crippen LogP contribution in [0.4, 0.5) is 0 Å². The fourth-order valence-corrected chi connectivity index (χ4v) is 3.01. The fraction of sp³-hybridized carbons (Fsp3) is 0.286. The van der Waals surface area contributed by atoms with Crippen LogP contribution in [0.25, 0.3) is 10.2 Å². The molecular formula is C14H14N2O2S. The molecule has 0 bridgehead atoms. The first kappa shape index (κ1) is 12.2. The van der Waals surface area contributed by atoms with Gasteiger partial charge < -0.3 is 10.1 Å². The second-order valence-corrected chi connectivity index (χ2v) is 5.51. The average Bonchev–Trinajstić information content (AvgIpc) is 3.01. The summed E-state index contributed by atoms with van der Waals surface area (Å²) in [5.74, 6) is 0.691. The smallest absolute Gasteiger partial charge is 0.251 e. The van der Waals surface area contributed by atoms with Crippen LogP contribution in [-0.2, 0) is 16.1 Å². The summed E-state index contributed by atoms with van der Waals surface area (Å²) in [6.07, 6.45) is 0.692. The van der Waals surface area contributed by atoms with Gasteiger partial charge >= 0.3 is 0 Å². The maximum absolute atomic E-state index is 12.0. The molecule has 0 unspecified atom stereocenters. The van der Waals surface area contributed by atoms with Gasteiger partial charge in [0.25, 0.3) is 5.91 Å². The van der Waals surface area contributed by atoms with Gasteiger partial charge in [-0.25, -0.2) is 4.98 Å². The van der Waals surface area contributed by atoms with Gasteiger partial charge in [0.1, 0.15) is 10.8 Å². The van der Waals surface area contributed by atoms with Crippen LogP contribution in [0.3, 0.4) is 0 Å². The van der Waals surface area contributed by atoms with Gasteiger partial charge in [-0.05, 0) is 19.1 Å². The lowest BCUT2D eigenvalue weighted by Gasteiger charge is -2.03. The molecule has 1 amide bonds. The number of fused-ring (bicyclic) bond motifs is 1. The number of para-hydroxylation sites is 1. The standard InChI is InChI=1S/C14H14N2O2S/c1-9-10(6-7-18-9)14(17)15-8-13-16-11-4-2-3-5-12(11)19-13/h2-5H,6-8H2,1H3,(H,15,17). The molecule has 4 nitrogen and oxygen atoms in total. The Morgan fingerprint density at radius 3 is 3.05 bits per heavy atom. The summed E-state index contributed by atoms with van der Waals surface area (Å²) >= 11 is 1.61. The number of nitrogens with one attached hydrogen (secondary N) is 1. The van der Waals surface area contributed by atoms with Crippen molar-refractivity contribution in [3.8, 4) is 0 Å². The fourth-order valence-electron chi connectivity index (χ4n) is 2.10. The Labute approximate surface area is 115 Å². The van der Waals surface area contributed by atoms with Crippen LogP contribution in [0.2, 0.25) is 0 Å². The predicted molar refractivity (Wildman–Crippen MR) is 74.7 cm³/mol. The monoisotopic (exact) mass is 274 g/mol. The Morgan fingerprint density at radius 1 is 1.47 bits per heavy atom. The topological polar surface area (TPSA) is 51.2 Å². The van der Waals surface area contributed by atoms with E-state index in [1.165, 1.54) is 0 Å². The van der Waals surface area contributed by atoms with E-state index < -0.39 is 0 Å². The SMILES string of the molecule is CC1=C(C(=O)NCc2nc3ccccc3s2)CCO1. The normalized spacial score (nSPS) is 14.8. The van der Waals surface area contributed by atoms with E-state index in [0.29, 0.717) is 19.6 Å². The highest BCUT2D eigenvalue weighted by atomic mass is 32.1. The lowest BCUT2D eigenvalue weighted by molar-refractivity contribution is -0.117. The number of carbonyl (C=O) groups excluding carboxylic acids is 1. The van der Waals surface area contributed by atoms with Crippen LogP contribution in [0.5, 0.6) is 0 Å². The highest BCUT2D eigenvalue weighted by Crippen LogP contribution is 2.22. The Morgan fingerprint density at radius 2 is 2.32 bits per heavy atom. The van der Waals surface area contributed by atoms with Crippen molar-refractivity contribution in [3.05, 3.63) is 40.6 Å². The van der Waals surface area contributed by atoms with Gasteiger partial charge in [0.2, 0.25) is 0 Å². The van der Waals surface area contributed by atoms with Crippen molar-refractivity contribution in [3.63, 3.8) is 0 Å². The summed E-state index contributed by atoms with van der Waals surface area (Å²) in [5.41, 5.74) is 1.73. The molecule has 0 atom stereocenters. The molecule has 19 heavy (non-hydrogen) atoms. The zero-order chi connectivity index (χ0) is 13.2. The molecular weight excluding hydrogens is 260 g/mol. The Balaban J connectivity index is 1.69. The number of benzene rings is 1. The van der Waals surface area contributed by atoms with Crippen molar-refractivity contribution >= 4 is 27.5 Å². The minimum Gasteiger partial charge on any atom is -0.497 e. The Kier molecular flexibility index (Phi) is 3.21. The first-order valence-corrected chi connectivity index (χ1v) is 7.01. The summed E-state index contributed by atoms with van der Waals surface area (Å²) in [4.78, 5) is 16.5. The molecule has 0 spiro atoms. The van der Waals surface area contributed by atoms with Crippen molar-refractivity contribution in [2.45, 2.75) is 19.9 Å². The summed E-state index contributed by atoms with van der Waals surface area (Å²) in [6, 6.07) is 7.98. The van der Waals surface area contributed by atoms with E-state index in [1.807, 2.05) is 31.2 Å². The molecule has 1 aromatic carbocycles. The highest BCUT2D eigenvalue weighted by molar-refractivity contribution is 7.18. The quantitative estimate of drug-likeness (QED) is 0.936. The number of carbonyl (C=O) groups is 1. The van der Waals surface area contributed by atoms with Gasteiger partial charge in [-0.15, -0.1) is 11.3 Å². The van der Waals surface area contributed by atoms with Crippen molar-refractivity contribution in [2.24, 2.45) is 0 Å². The Hall–Kier alpha value is -1.88. The van der Waals surface area contributed by atoms with E-state index in [1.54, 1.807) is 11.3 Å². The van der Waals surface area contributed by atoms with E-state index in [9.17, 15) is 4.79 Å².